The van der Waals surface area contributed by atoms with Gasteiger partial charge in [0.15, 0.2) is 0 Å². The molecule has 15 heavy (non-hydrogen) atoms. The fraction of sp³-hybridized carbons (Fsp3) is 0.182. The van der Waals surface area contributed by atoms with Crippen molar-refractivity contribution in [1.82, 2.24) is 0 Å². The second-order valence-electron chi connectivity index (χ2n) is 3.14. The van der Waals surface area contributed by atoms with Crippen LogP contribution in [0.5, 0.6) is 11.5 Å². The maximum absolute atomic E-state index is 11.2. The molecule has 1 atom stereocenters. The first kappa shape index (κ1) is 9.58. The van der Waals surface area contributed by atoms with Crippen molar-refractivity contribution in [3.63, 3.8) is 0 Å². The van der Waals surface area contributed by atoms with Crippen LogP contribution in [0.4, 0.5) is 0 Å². The Hall–Kier alpha value is -1.97. The molecule has 1 aromatic carbocycles. The lowest BCUT2D eigenvalue weighted by Gasteiger charge is -2.19. The molecule has 78 valence electrons. The Morgan fingerprint density at radius 2 is 2.33 bits per heavy atom. The summed E-state index contributed by atoms with van der Waals surface area (Å²) in [5.41, 5.74) is 0.746. The zero-order valence-electron chi connectivity index (χ0n) is 8.14. The van der Waals surface area contributed by atoms with Gasteiger partial charge in [-0.05, 0) is 24.3 Å². The van der Waals surface area contributed by atoms with Crippen LogP contribution in [-0.2, 0) is 9.53 Å². The van der Waals surface area contributed by atoms with E-state index >= 15 is 0 Å². The number of aromatic hydroxyl groups is 1. The standard InChI is InChI=1S/C11H10O4/c1-14-11(13)10-4-2-7-6-8(12)3-5-9(7)15-10/h2-6,10,12H,1H3. The van der Waals surface area contributed by atoms with Crippen molar-refractivity contribution in [1.29, 1.82) is 0 Å². The predicted molar refractivity (Wildman–Crippen MR) is 53.6 cm³/mol. The number of rotatable bonds is 1. The molecule has 1 aromatic rings. The van der Waals surface area contributed by atoms with Gasteiger partial charge in [-0.3, -0.25) is 0 Å². The summed E-state index contributed by atoms with van der Waals surface area (Å²) < 4.78 is 9.93. The number of hydrogen-bond donors (Lipinski definition) is 1. The van der Waals surface area contributed by atoms with Gasteiger partial charge in [-0.25, -0.2) is 4.79 Å². The molecule has 1 heterocycles. The average molecular weight is 206 g/mol. The van der Waals surface area contributed by atoms with Crippen molar-refractivity contribution < 1.29 is 19.4 Å². The third-order valence-corrected chi connectivity index (χ3v) is 2.13. The minimum Gasteiger partial charge on any atom is -0.508 e. The largest absolute Gasteiger partial charge is 0.508 e. The van der Waals surface area contributed by atoms with Crippen LogP contribution in [0.15, 0.2) is 24.3 Å². The van der Waals surface area contributed by atoms with Gasteiger partial charge in [-0.2, -0.15) is 0 Å². The van der Waals surface area contributed by atoms with E-state index in [0.717, 1.165) is 5.56 Å². The molecule has 0 fully saturated rings. The highest BCUT2D eigenvalue weighted by Gasteiger charge is 2.22. The van der Waals surface area contributed by atoms with Gasteiger partial charge in [-0.1, -0.05) is 6.08 Å². The first-order valence-corrected chi connectivity index (χ1v) is 4.46. The number of fused-ring (bicyclic) bond motifs is 1. The molecule has 1 aliphatic rings. The Kier molecular flexibility index (Phi) is 2.33. The molecular weight excluding hydrogens is 196 g/mol. The Bertz CT molecular complexity index is 423. The maximum atomic E-state index is 11.2. The molecule has 4 nitrogen and oxygen atoms in total. The molecule has 1 N–H and O–H groups in total. The molecule has 0 bridgehead atoms. The van der Waals surface area contributed by atoms with Crippen molar-refractivity contribution in [2.24, 2.45) is 0 Å². The summed E-state index contributed by atoms with van der Waals surface area (Å²) in [7, 11) is 1.31. The van der Waals surface area contributed by atoms with Gasteiger partial charge in [-0.15, -0.1) is 0 Å². The number of hydrogen-bond acceptors (Lipinski definition) is 4. The van der Waals surface area contributed by atoms with E-state index in [-0.39, 0.29) is 5.75 Å². The molecule has 0 saturated carbocycles. The lowest BCUT2D eigenvalue weighted by molar-refractivity contribution is -0.146. The van der Waals surface area contributed by atoms with Crippen molar-refractivity contribution in [2.75, 3.05) is 7.11 Å². The van der Waals surface area contributed by atoms with E-state index in [9.17, 15) is 9.90 Å². The number of phenolic OH excluding ortho intramolecular Hbond substituents is 1. The number of benzene rings is 1. The molecule has 1 aliphatic heterocycles. The summed E-state index contributed by atoms with van der Waals surface area (Å²) in [6.45, 7) is 0. The molecule has 0 aliphatic carbocycles. The monoisotopic (exact) mass is 206 g/mol. The molecule has 2 rings (SSSR count). The number of ether oxygens (including phenoxy) is 2. The van der Waals surface area contributed by atoms with Gasteiger partial charge >= 0.3 is 5.97 Å². The third kappa shape index (κ3) is 1.79. The van der Waals surface area contributed by atoms with Crippen LogP contribution in [0.25, 0.3) is 6.08 Å². The van der Waals surface area contributed by atoms with E-state index in [0.29, 0.717) is 5.75 Å². The number of carbonyl (C=O) groups excluding carboxylic acids is 1. The molecule has 0 radical (unpaired) electrons. The lowest BCUT2D eigenvalue weighted by Crippen LogP contribution is -2.28. The number of esters is 1. The Morgan fingerprint density at radius 1 is 1.53 bits per heavy atom. The summed E-state index contributed by atoms with van der Waals surface area (Å²) in [6.07, 6.45) is 2.61. The predicted octanol–water partition coefficient (Wildman–Crippen LogP) is 1.34. The third-order valence-electron chi connectivity index (χ3n) is 2.13. The Balaban J connectivity index is 2.28. The smallest absolute Gasteiger partial charge is 0.351 e. The van der Waals surface area contributed by atoms with Crippen LogP contribution in [0.3, 0.4) is 0 Å². The molecular formula is C11H10O4. The van der Waals surface area contributed by atoms with Crippen LogP contribution < -0.4 is 4.74 Å². The van der Waals surface area contributed by atoms with Crippen molar-refractivity contribution in [3.8, 4) is 11.5 Å². The average Bonchev–Trinajstić information content (AvgIpc) is 2.27. The van der Waals surface area contributed by atoms with Crippen molar-refractivity contribution >= 4 is 12.0 Å². The summed E-state index contributed by atoms with van der Waals surface area (Å²) in [5.74, 6) is 0.286. The van der Waals surface area contributed by atoms with Crippen LogP contribution in [0.2, 0.25) is 0 Å². The SMILES string of the molecule is COC(=O)C1C=Cc2cc(O)ccc2O1. The normalized spacial score (nSPS) is 17.8. The Labute approximate surface area is 86.7 Å². The van der Waals surface area contributed by atoms with E-state index in [2.05, 4.69) is 4.74 Å². The zero-order valence-corrected chi connectivity index (χ0v) is 8.14. The van der Waals surface area contributed by atoms with E-state index in [4.69, 9.17) is 4.74 Å². The highest BCUT2D eigenvalue weighted by Crippen LogP contribution is 2.29. The summed E-state index contributed by atoms with van der Waals surface area (Å²) in [5, 5.41) is 9.23. The van der Waals surface area contributed by atoms with Gasteiger partial charge in [0, 0.05) is 5.56 Å². The van der Waals surface area contributed by atoms with E-state index in [1.165, 1.54) is 13.2 Å². The van der Waals surface area contributed by atoms with E-state index in [1.807, 2.05) is 0 Å². The number of methoxy groups -OCH3 is 1. The topological polar surface area (TPSA) is 55.8 Å². The molecule has 4 heteroatoms. The van der Waals surface area contributed by atoms with Gasteiger partial charge in [0.2, 0.25) is 6.10 Å². The molecule has 0 amide bonds. The van der Waals surface area contributed by atoms with Crippen molar-refractivity contribution in [3.05, 3.63) is 29.8 Å². The first-order valence-electron chi connectivity index (χ1n) is 4.46. The van der Waals surface area contributed by atoms with Crippen LogP contribution >= 0.6 is 0 Å². The quantitative estimate of drug-likeness (QED) is 0.704. The highest BCUT2D eigenvalue weighted by molar-refractivity contribution is 5.80. The minimum absolute atomic E-state index is 0.165. The second-order valence-corrected chi connectivity index (χ2v) is 3.14. The minimum atomic E-state index is -0.702. The van der Waals surface area contributed by atoms with Crippen molar-refractivity contribution in [2.45, 2.75) is 6.10 Å². The molecule has 0 aromatic heterocycles. The van der Waals surface area contributed by atoms with Crippen LogP contribution in [-0.4, -0.2) is 24.3 Å². The lowest BCUT2D eigenvalue weighted by atomic mass is 10.1. The van der Waals surface area contributed by atoms with Crippen LogP contribution in [0.1, 0.15) is 5.56 Å². The Morgan fingerprint density at radius 3 is 3.07 bits per heavy atom. The number of phenols is 1. The summed E-state index contributed by atoms with van der Waals surface area (Å²) >= 11 is 0. The van der Waals surface area contributed by atoms with E-state index in [1.54, 1.807) is 24.3 Å². The van der Waals surface area contributed by atoms with Gasteiger partial charge in [0.05, 0.1) is 7.11 Å². The highest BCUT2D eigenvalue weighted by atomic mass is 16.6. The van der Waals surface area contributed by atoms with Gasteiger partial charge in [0.25, 0.3) is 0 Å². The van der Waals surface area contributed by atoms with Crippen LogP contribution in [0, 0.1) is 0 Å². The van der Waals surface area contributed by atoms with E-state index < -0.39 is 12.1 Å². The molecule has 0 saturated heterocycles. The fourth-order valence-corrected chi connectivity index (χ4v) is 1.38. The first-order chi connectivity index (χ1) is 7.20. The molecule has 1 unspecified atom stereocenters. The zero-order chi connectivity index (χ0) is 10.8. The summed E-state index contributed by atoms with van der Waals surface area (Å²) in [4.78, 5) is 11.2. The second kappa shape index (κ2) is 3.65. The number of carbonyl (C=O) groups is 1. The summed E-state index contributed by atoms with van der Waals surface area (Å²) in [6, 6.07) is 4.69. The van der Waals surface area contributed by atoms with Gasteiger partial charge < -0.3 is 14.6 Å². The van der Waals surface area contributed by atoms with Gasteiger partial charge in [0.1, 0.15) is 11.5 Å². The fourth-order valence-electron chi connectivity index (χ4n) is 1.38. The molecule has 0 spiro atoms. The maximum Gasteiger partial charge on any atom is 0.351 e.